The van der Waals surface area contributed by atoms with Crippen LogP contribution < -0.4 is 10.3 Å². The summed E-state index contributed by atoms with van der Waals surface area (Å²) in [7, 11) is 0. The quantitative estimate of drug-likeness (QED) is 0.274. The van der Waals surface area contributed by atoms with Crippen LogP contribution in [-0.4, -0.2) is 34.4 Å². The first-order valence-corrected chi connectivity index (χ1v) is 11.7. The van der Waals surface area contributed by atoms with Crippen LogP contribution in [0.25, 0.3) is 0 Å². The maximum absolute atomic E-state index is 13.5. The van der Waals surface area contributed by atoms with Crippen LogP contribution in [0.4, 0.5) is 17.1 Å². The van der Waals surface area contributed by atoms with E-state index in [1.807, 2.05) is 32.0 Å². The molecule has 1 N–H and O–H groups in total. The highest BCUT2D eigenvalue weighted by Gasteiger charge is 2.40. The second-order valence-corrected chi connectivity index (χ2v) is 8.17. The smallest absolute Gasteiger partial charge is 0.276 e. The molecule has 180 valence electrons. The van der Waals surface area contributed by atoms with Gasteiger partial charge in [0.2, 0.25) is 5.71 Å². The Morgan fingerprint density at radius 2 is 1.50 bits per heavy atom. The fourth-order valence-corrected chi connectivity index (χ4v) is 4.26. The van der Waals surface area contributed by atoms with Crippen molar-refractivity contribution in [2.45, 2.75) is 32.7 Å². The number of carbonyl (C=O) groups is 3. The number of hydrazone groups is 1. The van der Waals surface area contributed by atoms with E-state index in [1.54, 1.807) is 66.7 Å². The van der Waals surface area contributed by atoms with E-state index in [2.05, 4.69) is 10.5 Å². The Labute approximate surface area is 209 Å². The molecule has 0 fully saturated rings. The number of nitrogens with one attached hydrogen (secondary N) is 1. The average molecular weight is 480 g/mol. The largest absolute Gasteiger partial charge is 0.294 e. The molecule has 0 bridgehead atoms. The van der Waals surface area contributed by atoms with Gasteiger partial charge < -0.3 is 0 Å². The van der Waals surface area contributed by atoms with Gasteiger partial charge in [-0.1, -0.05) is 56.3 Å². The van der Waals surface area contributed by atoms with Crippen molar-refractivity contribution >= 4 is 40.5 Å². The Bertz CT molecular complexity index is 1320. The average Bonchev–Trinajstić information content (AvgIpc) is 3.17. The summed E-state index contributed by atoms with van der Waals surface area (Å²) >= 11 is 0. The van der Waals surface area contributed by atoms with Gasteiger partial charge in [-0.15, -0.1) is 0 Å². The summed E-state index contributed by atoms with van der Waals surface area (Å²) in [6, 6.07) is 24.3. The number of rotatable bonds is 8. The first kappa shape index (κ1) is 24.4. The van der Waals surface area contributed by atoms with E-state index in [1.165, 1.54) is 9.80 Å². The zero-order valence-corrected chi connectivity index (χ0v) is 20.0. The number of imide groups is 1. The predicted molar refractivity (Wildman–Crippen MR) is 138 cm³/mol. The van der Waals surface area contributed by atoms with Gasteiger partial charge in [0.1, 0.15) is 6.07 Å². The molecule has 3 aromatic carbocycles. The minimum Gasteiger partial charge on any atom is -0.276 e. The Balaban J connectivity index is 1.68. The SMILES string of the molecule is CCC(CC)N1C(=O)c2cccc(NN=C(C#N)C(=O)N(c3ccccc3)c3ccccc3)c2C1=O. The van der Waals surface area contributed by atoms with Crippen LogP contribution in [0.15, 0.2) is 84.0 Å². The van der Waals surface area contributed by atoms with Crippen LogP contribution >= 0.6 is 0 Å². The summed E-state index contributed by atoms with van der Waals surface area (Å²) in [6.45, 7) is 3.86. The third kappa shape index (κ3) is 4.46. The summed E-state index contributed by atoms with van der Waals surface area (Å²) in [6.07, 6.45) is 1.29. The molecule has 0 spiro atoms. The molecule has 0 radical (unpaired) electrons. The van der Waals surface area contributed by atoms with Crippen molar-refractivity contribution in [3.8, 4) is 6.07 Å². The normalized spacial score (nSPS) is 12.9. The fraction of sp³-hybridized carbons (Fsp3) is 0.179. The fourth-order valence-electron chi connectivity index (χ4n) is 4.26. The van der Waals surface area contributed by atoms with E-state index >= 15 is 0 Å². The number of benzene rings is 3. The lowest BCUT2D eigenvalue weighted by Crippen LogP contribution is -2.39. The third-order valence-electron chi connectivity index (χ3n) is 6.08. The number of amides is 3. The number of para-hydroxylation sites is 2. The van der Waals surface area contributed by atoms with Crippen molar-refractivity contribution in [2.24, 2.45) is 5.10 Å². The highest BCUT2D eigenvalue weighted by molar-refractivity contribution is 6.50. The van der Waals surface area contributed by atoms with Gasteiger partial charge in [0.05, 0.1) is 16.8 Å². The van der Waals surface area contributed by atoms with Crippen LogP contribution in [0, 0.1) is 11.3 Å². The number of hydrogen-bond acceptors (Lipinski definition) is 6. The lowest BCUT2D eigenvalue weighted by Gasteiger charge is -2.23. The summed E-state index contributed by atoms with van der Waals surface area (Å²) in [5.74, 6) is -1.41. The molecule has 1 aliphatic rings. The number of fused-ring (bicyclic) bond motifs is 1. The summed E-state index contributed by atoms with van der Waals surface area (Å²) in [5, 5.41) is 13.8. The lowest BCUT2D eigenvalue weighted by atomic mass is 10.1. The van der Waals surface area contributed by atoms with E-state index in [9.17, 15) is 19.6 Å². The van der Waals surface area contributed by atoms with Crippen molar-refractivity contribution in [3.63, 3.8) is 0 Å². The topological polar surface area (TPSA) is 106 Å². The van der Waals surface area contributed by atoms with Gasteiger partial charge in [-0.05, 0) is 49.2 Å². The highest BCUT2D eigenvalue weighted by Crippen LogP contribution is 2.32. The Kier molecular flexibility index (Phi) is 7.21. The maximum atomic E-state index is 13.5. The molecule has 0 saturated carbocycles. The number of hydrogen-bond donors (Lipinski definition) is 1. The molecule has 3 amide bonds. The molecule has 0 saturated heterocycles. The van der Waals surface area contributed by atoms with Crippen LogP contribution in [0.3, 0.4) is 0 Å². The molecule has 3 aromatic rings. The van der Waals surface area contributed by atoms with Gasteiger partial charge in [-0.2, -0.15) is 10.4 Å². The number of nitrogens with zero attached hydrogens (tertiary/aromatic N) is 4. The van der Waals surface area contributed by atoms with E-state index in [0.29, 0.717) is 24.2 Å². The van der Waals surface area contributed by atoms with Crippen molar-refractivity contribution < 1.29 is 14.4 Å². The van der Waals surface area contributed by atoms with E-state index in [0.717, 1.165) is 0 Å². The standard InChI is InChI=1S/C28H25N5O3/c1-3-19(4-2)33-26(34)22-16-11-17-23(25(22)28(33)36)30-31-24(18-29)27(35)32(20-12-7-5-8-13-20)21-14-9-6-10-15-21/h5-17,19,30H,3-4H2,1-2H3. The molecule has 1 heterocycles. The van der Waals surface area contributed by atoms with Crippen LogP contribution in [0.5, 0.6) is 0 Å². The summed E-state index contributed by atoms with van der Waals surface area (Å²) < 4.78 is 0. The molecule has 8 heteroatoms. The molecular weight excluding hydrogens is 454 g/mol. The van der Waals surface area contributed by atoms with Gasteiger partial charge >= 0.3 is 0 Å². The first-order valence-electron chi connectivity index (χ1n) is 11.7. The van der Waals surface area contributed by atoms with Crippen molar-refractivity contribution in [2.75, 3.05) is 10.3 Å². The predicted octanol–water partition coefficient (Wildman–Crippen LogP) is 5.13. The summed E-state index contributed by atoms with van der Waals surface area (Å²) in [5.41, 5.74) is 4.14. The monoisotopic (exact) mass is 479 g/mol. The Hall–Kier alpha value is -4.77. The number of anilines is 3. The van der Waals surface area contributed by atoms with Crippen molar-refractivity contribution in [1.29, 1.82) is 5.26 Å². The molecule has 0 aliphatic carbocycles. The molecule has 0 aromatic heterocycles. The second kappa shape index (κ2) is 10.7. The molecular formula is C28H25N5O3. The van der Waals surface area contributed by atoms with Crippen LogP contribution in [0.2, 0.25) is 0 Å². The lowest BCUT2D eigenvalue weighted by molar-refractivity contribution is -0.111. The highest BCUT2D eigenvalue weighted by atomic mass is 16.2. The Morgan fingerprint density at radius 1 is 0.917 bits per heavy atom. The van der Waals surface area contributed by atoms with Crippen molar-refractivity contribution in [3.05, 3.63) is 90.0 Å². The third-order valence-corrected chi connectivity index (χ3v) is 6.08. The van der Waals surface area contributed by atoms with E-state index < -0.39 is 17.5 Å². The zero-order chi connectivity index (χ0) is 25.7. The zero-order valence-electron chi connectivity index (χ0n) is 20.0. The summed E-state index contributed by atoms with van der Waals surface area (Å²) in [4.78, 5) is 42.3. The first-order chi connectivity index (χ1) is 17.5. The Morgan fingerprint density at radius 3 is 2.03 bits per heavy atom. The minimum absolute atomic E-state index is 0.186. The molecule has 0 unspecified atom stereocenters. The van der Waals surface area contributed by atoms with Crippen LogP contribution in [0.1, 0.15) is 47.4 Å². The van der Waals surface area contributed by atoms with Crippen LogP contribution in [-0.2, 0) is 4.79 Å². The second-order valence-electron chi connectivity index (χ2n) is 8.17. The van der Waals surface area contributed by atoms with Gasteiger partial charge in [-0.3, -0.25) is 29.6 Å². The molecule has 36 heavy (non-hydrogen) atoms. The van der Waals surface area contributed by atoms with Gasteiger partial charge in [0.25, 0.3) is 17.7 Å². The van der Waals surface area contributed by atoms with Gasteiger partial charge in [0, 0.05) is 17.4 Å². The number of nitriles is 1. The number of carbonyl (C=O) groups excluding carboxylic acids is 3. The van der Waals surface area contributed by atoms with E-state index in [-0.39, 0.29) is 28.8 Å². The molecule has 0 atom stereocenters. The molecule has 8 nitrogen and oxygen atoms in total. The molecule has 4 rings (SSSR count). The van der Waals surface area contributed by atoms with Crippen molar-refractivity contribution in [1.82, 2.24) is 4.90 Å². The maximum Gasteiger partial charge on any atom is 0.294 e. The van der Waals surface area contributed by atoms with Gasteiger partial charge in [-0.25, -0.2) is 0 Å². The molecule has 1 aliphatic heterocycles. The van der Waals surface area contributed by atoms with Gasteiger partial charge in [0.15, 0.2) is 0 Å². The van der Waals surface area contributed by atoms with E-state index in [4.69, 9.17) is 0 Å². The minimum atomic E-state index is -0.643.